The Balaban J connectivity index is 2.58. The Labute approximate surface area is 117 Å². The number of rotatable bonds is 8. The Kier molecular flexibility index (Phi) is 6.85. The van der Waals surface area contributed by atoms with E-state index in [0.29, 0.717) is 11.6 Å². The molecule has 1 N–H and O–H groups in total. The first-order valence-corrected chi connectivity index (χ1v) is 7.24. The van der Waals surface area contributed by atoms with Crippen LogP contribution in [0, 0.1) is 11.7 Å². The lowest BCUT2D eigenvalue weighted by Crippen LogP contribution is -2.21. The van der Waals surface area contributed by atoms with E-state index in [0.717, 1.165) is 38.0 Å². The SMILES string of the molecule is CCCCN(C)c1ccc(CNCC(C)C)cc1F. The standard InChI is InChI=1S/C16H27FN2/c1-5-6-9-19(4)16-8-7-14(10-15(16)17)12-18-11-13(2)3/h7-8,10,13,18H,5-6,9,11-12H2,1-4H3. The summed E-state index contributed by atoms with van der Waals surface area (Å²) in [6, 6.07) is 5.54. The molecule has 0 aliphatic heterocycles. The second-order valence-electron chi connectivity index (χ2n) is 5.59. The molecule has 1 aromatic rings. The predicted octanol–water partition coefficient (Wildman–Crippen LogP) is 3.81. The topological polar surface area (TPSA) is 15.3 Å². The second-order valence-corrected chi connectivity index (χ2v) is 5.59. The van der Waals surface area contributed by atoms with E-state index in [2.05, 4.69) is 26.1 Å². The van der Waals surface area contributed by atoms with Crippen LogP contribution in [0.25, 0.3) is 0 Å². The van der Waals surface area contributed by atoms with Crippen molar-refractivity contribution in [2.45, 2.75) is 40.2 Å². The summed E-state index contributed by atoms with van der Waals surface area (Å²) in [5, 5.41) is 3.33. The van der Waals surface area contributed by atoms with Crippen LogP contribution in [0.1, 0.15) is 39.2 Å². The van der Waals surface area contributed by atoms with Crippen LogP contribution in [-0.4, -0.2) is 20.1 Å². The number of nitrogens with one attached hydrogen (secondary N) is 1. The van der Waals surface area contributed by atoms with Crippen LogP contribution >= 0.6 is 0 Å². The highest BCUT2D eigenvalue weighted by Crippen LogP contribution is 2.19. The summed E-state index contributed by atoms with van der Waals surface area (Å²) >= 11 is 0. The van der Waals surface area contributed by atoms with E-state index in [9.17, 15) is 4.39 Å². The molecule has 0 aromatic heterocycles. The summed E-state index contributed by atoms with van der Waals surface area (Å²) in [5.41, 5.74) is 1.70. The molecule has 0 aliphatic rings. The molecule has 108 valence electrons. The molecule has 0 amide bonds. The third-order valence-corrected chi connectivity index (χ3v) is 3.15. The fourth-order valence-corrected chi connectivity index (χ4v) is 1.99. The molecule has 0 heterocycles. The number of hydrogen-bond acceptors (Lipinski definition) is 2. The van der Waals surface area contributed by atoms with E-state index in [1.807, 2.05) is 24.1 Å². The van der Waals surface area contributed by atoms with Crippen LogP contribution in [-0.2, 0) is 6.54 Å². The molecule has 1 aromatic carbocycles. The van der Waals surface area contributed by atoms with Crippen LogP contribution < -0.4 is 10.2 Å². The average molecular weight is 266 g/mol. The highest BCUT2D eigenvalue weighted by Gasteiger charge is 2.08. The number of nitrogens with zero attached hydrogens (tertiary/aromatic N) is 1. The third-order valence-electron chi connectivity index (χ3n) is 3.15. The molecule has 0 atom stereocenters. The van der Waals surface area contributed by atoms with Gasteiger partial charge in [-0.05, 0) is 36.6 Å². The number of halogens is 1. The lowest BCUT2D eigenvalue weighted by molar-refractivity contribution is 0.550. The van der Waals surface area contributed by atoms with Crippen molar-refractivity contribution in [2.24, 2.45) is 5.92 Å². The molecular formula is C16H27FN2. The maximum absolute atomic E-state index is 14.0. The molecule has 3 heteroatoms. The summed E-state index contributed by atoms with van der Waals surface area (Å²) in [7, 11) is 1.95. The van der Waals surface area contributed by atoms with Crippen LogP contribution in [0.3, 0.4) is 0 Å². The van der Waals surface area contributed by atoms with Gasteiger partial charge in [-0.25, -0.2) is 4.39 Å². The zero-order valence-corrected chi connectivity index (χ0v) is 12.7. The Hall–Kier alpha value is -1.09. The van der Waals surface area contributed by atoms with Crippen molar-refractivity contribution in [3.05, 3.63) is 29.6 Å². The summed E-state index contributed by atoms with van der Waals surface area (Å²) in [5.74, 6) is 0.492. The van der Waals surface area contributed by atoms with Crippen molar-refractivity contribution in [2.75, 3.05) is 25.0 Å². The minimum Gasteiger partial charge on any atom is -0.372 e. The lowest BCUT2D eigenvalue weighted by Gasteiger charge is -2.20. The highest BCUT2D eigenvalue weighted by atomic mass is 19.1. The number of hydrogen-bond donors (Lipinski definition) is 1. The van der Waals surface area contributed by atoms with E-state index in [1.165, 1.54) is 0 Å². The number of anilines is 1. The van der Waals surface area contributed by atoms with Gasteiger partial charge in [0.1, 0.15) is 5.82 Å². The first-order valence-electron chi connectivity index (χ1n) is 7.24. The molecule has 0 fully saturated rings. The maximum atomic E-state index is 14.0. The fourth-order valence-electron chi connectivity index (χ4n) is 1.99. The van der Waals surface area contributed by atoms with Crippen LogP contribution in [0.2, 0.25) is 0 Å². The average Bonchev–Trinajstić information content (AvgIpc) is 2.35. The Morgan fingerprint density at radius 2 is 2.05 bits per heavy atom. The van der Waals surface area contributed by atoms with E-state index < -0.39 is 0 Å². The van der Waals surface area contributed by atoms with Gasteiger partial charge in [0.15, 0.2) is 0 Å². The number of unbranched alkanes of at least 4 members (excludes halogenated alkanes) is 1. The molecular weight excluding hydrogens is 239 g/mol. The summed E-state index contributed by atoms with van der Waals surface area (Å²) < 4.78 is 14.0. The van der Waals surface area contributed by atoms with E-state index in [1.54, 1.807) is 6.07 Å². The second kappa shape index (κ2) is 8.16. The van der Waals surface area contributed by atoms with Gasteiger partial charge in [-0.1, -0.05) is 33.3 Å². The van der Waals surface area contributed by atoms with Crippen molar-refractivity contribution in [3.8, 4) is 0 Å². The smallest absolute Gasteiger partial charge is 0.146 e. The molecule has 0 spiro atoms. The Morgan fingerprint density at radius 3 is 2.63 bits per heavy atom. The maximum Gasteiger partial charge on any atom is 0.146 e. The van der Waals surface area contributed by atoms with E-state index in [4.69, 9.17) is 0 Å². The van der Waals surface area contributed by atoms with Gasteiger partial charge >= 0.3 is 0 Å². The molecule has 0 saturated heterocycles. The molecule has 2 nitrogen and oxygen atoms in total. The van der Waals surface area contributed by atoms with Crippen molar-refractivity contribution < 1.29 is 4.39 Å². The summed E-state index contributed by atoms with van der Waals surface area (Å²) in [6.07, 6.45) is 2.22. The minimum atomic E-state index is -0.123. The van der Waals surface area contributed by atoms with Gasteiger partial charge < -0.3 is 10.2 Å². The monoisotopic (exact) mass is 266 g/mol. The molecule has 0 bridgehead atoms. The normalized spacial score (nSPS) is 11.1. The van der Waals surface area contributed by atoms with Gasteiger partial charge in [-0.3, -0.25) is 0 Å². The first-order chi connectivity index (χ1) is 9.04. The zero-order valence-electron chi connectivity index (χ0n) is 12.7. The van der Waals surface area contributed by atoms with Gasteiger partial charge in [0.25, 0.3) is 0 Å². The molecule has 0 radical (unpaired) electrons. The van der Waals surface area contributed by atoms with Crippen molar-refractivity contribution in [1.29, 1.82) is 0 Å². The Morgan fingerprint density at radius 1 is 1.32 bits per heavy atom. The zero-order chi connectivity index (χ0) is 14.3. The van der Waals surface area contributed by atoms with E-state index >= 15 is 0 Å². The van der Waals surface area contributed by atoms with Crippen LogP contribution in [0.15, 0.2) is 18.2 Å². The number of benzene rings is 1. The molecule has 0 aliphatic carbocycles. The highest BCUT2D eigenvalue weighted by molar-refractivity contribution is 5.48. The molecule has 1 rings (SSSR count). The quantitative estimate of drug-likeness (QED) is 0.769. The van der Waals surface area contributed by atoms with Gasteiger partial charge in [0, 0.05) is 20.1 Å². The summed E-state index contributed by atoms with van der Waals surface area (Å²) in [6.45, 7) is 9.07. The van der Waals surface area contributed by atoms with Gasteiger partial charge in [-0.2, -0.15) is 0 Å². The summed E-state index contributed by atoms with van der Waals surface area (Å²) in [4.78, 5) is 1.99. The predicted molar refractivity (Wildman–Crippen MR) is 81.1 cm³/mol. The fraction of sp³-hybridized carbons (Fsp3) is 0.625. The molecule has 19 heavy (non-hydrogen) atoms. The lowest BCUT2D eigenvalue weighted by atomic mass is 10.1. The Bertz CT molecular complexity index is 377. The van der Waals surface area contributed by atoms with Crippen molar-refractivity contribution >= 4 is 5.69 Å². The van der Waals surface area contributed by atoms with Crippen LogP contribution in [0.5, 0.6) is 0 Å². The first kappa shape index (κ1) is 16.0. The molecule has 0 unspecified atom stereocenters. The van der Waals surface area contributed by atoms with Crippen LogP contribution in [0.4, 0.5) is 10.1 Å². The van der Waals surface area contributed by atoms with Gasteiger partial charge in [0.05, 0.1) is 5.69 Å². The largest absolute Gasteiger partial charge is 0.372 e. The van der Waals surface area contributed by atoms with Gasteiger partial charge in [-0.15, -0.1) is 0 Å². The van der Waals surface area contributed by atoms with Gasteiger partial charge in [0.2, 0.25) is 0 Å². The third kappa shape index (κ3) is 5.60. The van der Waals surface area contributed by atoms with E-state index in [-0.39, 0.29) is 5.82 Å². The van der Waals surface area contributed by atoms with Crippen molar-refractivity contribution in [3.63, 3.8) is 0 Å². The molecule has 0 saturated carbocycles. The minimum absolute atomic E-state index is 0.123. The van der Waals surface area contributed by atoms with Crippen molar-refractivity contribution in [1.82, 2.24) is 5.32 Å².